The van der Waals surface area contributed by atoms with Gasteiger partial charge >= 0.3 is 0 Å². The first-order valence-corrected chi connectivity index (χ1v) is 16.4. The molecule has 12 nitrogen and oxygen atoms in total. The van der Waals surface area contributed by atoms with Crippen LogP contribution >= 0.6 is 34.8 Å². The standard InChI is InChI=1S/C36H33Cl3N6O6/c1-18-7-10-27(19(2)13-18)40-35(48)33(20(3)46)44-42-28-11-8-22(14-24(28)37)23-9-12-29(25(38)15-23)43-45-34(21(4)47)36(49)41-30-17-31(50-5)26(39)16-32(30)51-6/h7-17,33-34H,1-6H3,(H,40,48)(H,41,49). The van der Waals surface area contributed by atoms with Gasteiger partial charge in [-0.3, -0.25) is 19.2 Å². The Bertz CT molecular complexity index is 2070. The fraction of sp³-hybridized carbons (Fsp3) is 0.222. The second-order valence-corrected chi connectivity index (χ2v) is 12.5. The lowest BCUT2D eigenvalue weighted by molar-refractivity contribution is -0.127. The summed E-state index contributed by atoms with van der Waals surface area (Å²) in [7, 11) is 2.82. The highest BCUT2D eigenvalue weighted by molar-refractivity contribution is 6.34. The molecule has 0 spiro atoms. The molecular weight excluding hydrogens is 719 g/mol. The summed E-state index contributed by atoms with van der Waals surface area (Å²) in [6, 6.07) is 15.4. The summed E-state index contributed by atoms with van der Waals surface area (Å²) in [5, 5.41) is 22.1. The number of amides is 2. The third-order valence-electron chi connectivity index (χ3n) is 7.43. The molecule has 0 aliphatic carbocycles. The molecule has 0 radical (unpaired) electrons. The van der Waals surface area contributed by atoms with Gasteiger partial charge in [0.1, 0.15) is 22.9 Å². The number of halogens is 3. The monoisotopic (exact) mass is 750 g/mol. The van der Waals surface area contributed by atoms with Crippen molar-refractivity contribution in [2.45, 2.75) is 39.8 Å². The van der Waals surface area contributed by atoms with Crippen LogP contribution in [0.4, 0.5) is 22.7 Å². The van der Waals surface area contributed by atoms with Gasteiger partial charge in [-0.05, 0) is 74.7 Å². The van der Waals surface area contributed by atoms with Crippen LogP contribution in [0.15, 0.2) is 87.2 Å². The zero-order chi connectivity index (χ0) is 37.4. The minimum atomic E-state index is -1.49. The first kappa shape index (κ1) is 38.6. The van der Waals surface area contributed by atoms with E-state index >= 15 is 0 Å². The minimum Gasteiger partial charge on any atom is -0.495 e. The van der Waals surface area contributed by atoms with Gasteiger partial charge in [0, 0.05) is 17.8 Å². The molecule has 2 N–H and O–H groups in total. The number of hydrogen-bond donors (Lipinski definition) is 2. The van der Waals surface area contributed by atoms with Crippen molar-refractivity contribution < 1.29 is 28.7 Å². The topological polar surface area (TPSA) is 160 Å². The minimum absolute atomic E-state index is 0.182. The van der Waals surface area contributed by atoms with Crippen molar-refractivity contribution >= 4 is 80.9 Å². The Morgan fingerprint density at radius 1 is 0.608 bits per heavy atom. The van der Waals surface area contributed by atoms with E-state index in [-0.39, 0.29) is 43.6 Å². The maximum atomic E-state index is 13.0. The van der Waals surface area contributed by atoms with Crippen molar-refractivity contribution in [1.82, 2.24) is 0 Å². The number of hydrogen-bond acceptors (Lipinski definition) is 10. The number of anilines is 2. The highest BCUT2D eigenvalue weighted by Gasteiger charge is 2.26. The van der Waals surface area contributed by atoms with Crippen molar-refractivity contribution in [2.75, 3.05) is 24.9 Å². The van der Waals surface area contributed by atoms with E-state index in [1.54, 1.807) is 42.5 Å². The predicted octanol–water partition coefficient (Wildman–Crippen LogP) is 9.31. The lowest BCUT2D eigenvalue weighted by atomic mass is 10.0. The van der Waals surface area contributed by atoms with E-state index in [4.69, 9.17) is 44.3 Å². The molecule has 2 amide bonds. The molecule has 0 fully saturated rings. The molecule has 2 unspecified atom stereocenters. The van der Waals surface area contributed by atoms with E-state index in [1.807, 2.05) is 26.0 Å². The Labute approximate surface area is 309 Å². The van der Waals surface area contributed by atoms with Crippen LogP contribution in [0.25, 0.3) is 11.1 Å². The van der Waals surface area contributed by atoms with Gasteiger partial charge in [-0.15, -0.1) is 0 Å². The van der Waals surface area contributed by atoms with Gasteiger partial charge in [0.25, 0.3) is 11.8 Å². The Morgan fingerprint density at radius 3 is 1.53 bits per heavy atom. The van der Waals surface area contributed by atoms with Gasteiger partial charge in [-0.25, -0.2) is 0 Å². The predicted molar refractivity (Wildman–Crippen MR) is 198 cm³/mol. The highest BCUT2D eigenvalue weighted by atomic mass is 35.5. The average Bonchev–Trinajstić information content (AvgIpc) is 3.07. The van der Waals surface area contributed by atoms with Crippen LogP contribution in [0.2, 0.25) is 15.1 Å². The molecule has 2 atom stereocenters. The van der Waals surface area contributed by atoms with Gasteiger partial charge in [-0.1, -0.05) is 64.6 Å². The van der Waals surface area contributed by atoms with Crippen molar-refractivity contribution in [1.29, 1.82) is 0 Å². The molecule has 4 aromatic carbocycles. The summed E-state index contributed by atoms with van der Waals surface area (Å²) in [5.41, 5.74) is 4.43. The lowest BCUT2D eigenvalue weighted by Gasteiger charge is -2.14. The molecule has 4 rings (SSSR count). The SMILES string of the molecule is COc1cc(NC(=O)C(N=Nc2ccc(-c3ccc(N=NC(C(C)=O)C(=O)Nc4ccc(C)cc4C)c(Cl)c3)cc2Cl)C(C)=O)c(OC)cc1Cl. The Kier molecular flexibility index (Phi) is 13.0. The second-order valence-electron chi connectivity index (χ2n) is 11.3. The summed E-state index contributed by atoms with van der Waals surface area (Å²) in [4.78, 5) is 50.6. The number of ether oxygens (including phenoxy) is 2. The van der Waals surface area contributed by atoms with Crippen LogP contribution in [-0.4, -0.2) is 49.7 Å². The molecule has 4 aromatic rings. The van der Waals surface area contributed by atoms with E-state index < -0.39 is 35.5 Å². The van der Waals surface area contributed by atoms with Crippen LogP contribution in [0, 0.1) is 13.8 Å². The number of Topliss-reactive ketones (excluding diaryl/α,β-unsaturated/α-hetero) is 2. The molecule has 0 bridgehead atoms. The average molecular weight is 752 g/mol. The van der Waals surface area contributed by atoms with Crippen LogP contribution in [0.1, 0.15) is 25.0 Å². The van der Waals surface area contributed by atoms with Crippen molar-refractivity contribution in [3.63, 3.8) is 0 Å². The van der Waals surface area contributed by atoms with Crippen molar-refractivity contribution in [3.8, 4) is 22.6 Å². The number of methoxy groups -OCH3 is 2. The van der Waals surface area contributed by atoms with Gasteiger partial charge in [0.05, 0.1) is 35.0 Å². The van der Waals surface area contributed by atoms with E-state index in [2.05, 4.69) is 31.1 Å². The molecule has 0 aromatic heterocycles. The fourth-order valence-corrected chi connectivity index (χ4v) is 5.39. The number of benzene rings is 4. The van der Waals surface area contributed by atoms with Crippen LogP contribution in [0.5, 0.6) is 11.5 Å². The molecule has 0 saturated carbocycles. The van der Waals surface area contributed by atoms with E-state index in [0.717, 1.165) is 11.1 Å². The Balaban J connectivity index is 1.48. The van der Waals surface area contributed by atoms with Gasteiger partial charge in [0.15, 0.2) is 11.6 Å². The molecule has 51 heavy (non-hydrogen) atoms. The lowest BCUT2D eigenvalue weighted by Crippen LogP contribution is -2.32. The zero-order valence-electron chi connectivity index (χ0n) is 28.4. The largest absolute Gasteiger partial charge is 0.495 e. The highest BCUT2D eigenvalue weighted by Crippen LogP contribution is 2.37. The normalized spacial score (nSPS) is 12.4. The first-order valence-electron chi connectivity index (χ1n) is 15.2. The smallest absolute Gasteiger partial charge is 0.258 e. The number of ketones is 2. The number of aryl methyl sites for hydroxylation is 2. The van der Waals surface area contributed by atoms with E-state index in [0.29, 0.717) is 16.8 Å². The van der Waals surface area contributed by atoms with Gasteiger partial charge in [-0.2, -0.15) is 20.5 Å². The van der Waals surface area contributed by atoms with Gasteiger partial charge in [0.2, 0.25) is 12.1 Å². The molecule has 0 heterocycles. The number of nitrogens with zero attached hydrogens (tertiary/aromatic N) is 4. The first-order chi connectivity index (χ1) is 24.2. The summed E-state index contributed by atoms with van der Waals surface area (Å²) < 4.78 is 10.5. The number of carbonyl (C=O) groups excluding carboxylic acids is 4. The maximum Gasteiger partial charge on any atom is 0.258 e. The van der Waals surface area contributed by atoms with Crippen LogP contribution in [0.3, 0.4) is 0 Å². The number of rotatable bonds is 13. The summed E-state index contributed by atoms with van der Waals surface area (Å²) >= 11 is 19.2. The molecule has 264 valence electrons. The Hall–Kier alpha value is -5.17. The molecule has 0 aliphatic heterocycles. The zero-order valence-corrected chi connectivity index (χ0v) is 30.6. The molecule has 0 aliphatic rings. The quantitative estimate of drug-likeness (QED) is 0.102. The van der Waals surface area contributed by atoms with Crippen LogP contribution < -0.4 is 20.1 Å². The third kappa shape index (κ3) is 9.75. The number of carbonyl (C=O) groups is 4. The maximum absolute atomic E-state index is 13.0. The molecular formula is C36H33Cl3N6O6. The van der Waals surface area contributed by atoms with Crippen LogP contribution in [-0.2, 0) is 19.2 Å². The van der Waals surface area contributed by atoms with Gasteiger partial charge < -0.3 is 20.1 Å². The Morgan fingerprint density at radius 2 is 1.10 bits per heavy atom. The van der Waals surface area contributed by atoms with E-state index in [9.17, 15) is 19.2 Å². The van der Waals surface area contributed by atoms with E-state index in [1.165, 1.54) is 40.2 Å². The van der Waals surface area contributed by atoms with Crippen molar-refractivity contribution in [3.05, 3.63) is 92.9 Å². The summed E-state index contributed by atoms with van der Waals surface area (Å²) in [6.45, 7) is 6.26. The number of azo groups is 2. The molecule has 15 heteroatoms. The van der Waals surface area contributed by atoms with Crippen molar-refractivity contribution in [2.24, 2.45) is 20.5 Å². The summed E-state index contributed by atoms with van der Waals surface area (Å²) in [6.07, 6.45) is 0. The second kappa shape index (κ2) is 17.2. The third-order valence-corrected chi connectivity index (χ3v) is 8.33. The molecule has 0 saturated heterocycles. The number of nitrogens with one attached hydrogen (secondary N) is 2. The fourth-order valence-electron chi connectivity index (χ4n) is 4.73. The summed E-state index contributed by atoms with van der Waals surface area (Å²) in [5.74, 6) is -1.89.